The van der Waals surface area contributed by atoms with Crippen LogP contribution in [-0.2, 0) is 39.5 Å². The third-order valence-electron chi connectivity index (χ3n) is 9.43. The van der Waals surface area contributed by atoms with Crippen LogP contribution in [0.5, 0.6) is 5.75 Å². The normalized spacial score (nSPS) is 19.2. The molecule has 2 heterocycles. The van der Waals surface area contributed by atoms with E-state index in [-0.39, 0.29) is 31.5 Å². The first-order chi connectivity index (χ1) is 23.3. The van der Waals surface area contributed by atoms with Crippen molar-refractivity contribution < 1.29 is 29.3 Å². The van der Waals surface area contributed by atoms with E-state index < -0.39 is 17.4 Å². The molecule has 0 spiro atoms. The molecule has 9 nitrogen and oxygen atoms in total. The molecule has 0 radical (unpaired) electrons. The summed E-state index contributed by atoms with van der Waals surface area (Å²) in [6.45, 7) is 2.25. The second-order valence-corrected chi connectivity index (χ2v) is 12.3. The van der Waals surface area contributed by atoms with Gasteiger partial charge in [-0.05, 0) is 65.6 Å². The molecular weight excluding hydrogens is 606 g/mol. The van der Waals surface area contributed by atoms with Crippen molar-refractivity contribution in [2.75, 3.05) is 23.5 Å². The van der Waals surface area contributed by atoms with Crippen LogP contribution in [-0.4, -0.2) is 53.1 Å². The highest BCUT2D eigenvalue weighted by atomic mass is 16.5. The van der Waals surface area contributed by atoms with Crippen molar-refractivity contribution in [2.45, 2.75) is 44.5 Å². The Bertz CT molecular complexity index is 1830. The molecule has 0 aromatic heterocycles. The zero-order valence-corrected chi connectivity index (χ0v) is 27.0. The van der Waals surface area contributed by atoms with Gasteiger partial charge in [0.15, 0.2) is 5.60 Å². The second kappa shape index (κ2) is 13.9. The highest BCUT2D eigenvalue weighted by Crippen LogP contribution is 2.47. The lowest BCUT2D eigenvalue weighted by Gasteiger charge is -2.36. The average Bonchev–Trinajstić information content (AvgIpc) is 3.34. The standard InChI is InChI=1S/C39H39N3O6/c1-27(9-8-14-37(45)40-24-30-11-7-6-10-29(30)21-33(40)25-43)39(47)35-22-34(48-2)19-20-36(35)41(38(39)46)23-28-15-17-32(18-16-28)42(26-44)31-12-4-3-5-13-31/h3-13,15-20,22,26-27,33,43,47H,14,21,23-25H2,1-2H3/b9-8+/t27-,33+,39+/m1/s1. The molecule has 2 aliphatic rings. The van der Waals surface area contributed by atoms with Gasteiger partial charge in [-0.3, -0.25) is 19.3 Å². The Kier molecular flexibility index (Phi) is 9.43. The quantitative estimate of drug-likeness (QED) is 0.170. The van der Waals surface area contributed by atoms with Crippen LogP contribution in [0.15, 0.2) is 109 Å². The van der Waals surface area contributed by atoms with Crippen LogP contribution in [0.2, 0.25) is 0 Å². The van der Waals surface area contributed by atoms with E-state index in [9.17, 15) is 24.6 Å². The predicted octanol–water partition coefficient (Wildman–Crippen LogP) is 5.25. The van der Waals surface area contributed by atoms with Gasteiger partial charge in [0.2, 0.25) is 12.3 Å². The summed E-state index contributed by atoms with van der Waals surface area (Å²) in [7, 11) is 1.53. The van der Waals surface area contributed by atoms with Crippen molar-refractivity contribution in [3.63, 3.8) is 0 Å². The van der Waals surface area contributed by atoms with E-state index in [1.54, 1.807) is 47.1 Å². The molecule has 2 N–H and O–H groups in total. The molecule has 0 saturated heterocycles. The van der Waals surface area contributed by atoms with Crippen LogP contribution in [0.3, 0.4) is 0 Å². The molecule has 246 valence electrons. The SMILES string of the molecule is COc1ccc2c(c1)[C@@](O)([C@H](C)/C=C/CC(=O)N1Cc3ccccc3C[C@H]1CO)C(=O)N2Cc1ccc(N(C=O)c2ccccc2)cc1. The van der Waals surface area contributed by atoms with Gasteiger partial charge in [0.1, 0.15) is 5.75 Å². The molecule has 6 rings (SSSR count). The van der Waals surface area contributed by atoms with Crippen LogP contribution in [0.4, 0.5) is 17.1 Å². The molecule has 2 aliphatic heterocycles. The van der Waals surface area contributed by atoms with Crippen molar-refractivity contribution in [3.8, 4) is 5.75 Å². The third-order valence-corrected chi connectivity index (χ3v) is 9.43. The monoisotopic (exact) mass is 645 g/mol. The van der Waals surface area contributed by atoms with Gasteiger partial charge in [0.05, 0.1) is 32.0 Å². The Morgan fingerprint density at radius 3 is 2.38 bits per heavy atom. The third kappa shape index (κ3) is 6.10. The molecule has 48 heavy (non-hydrogen) atoms. The van der Waals surface area contributed by atoms with E-state index in [1.807, 2.05) is 78.9 Å². The van der Waals surface area contributed by atoms with E-state index in [4.69, 9.17) is 4.74 Å². The number of amides is 3. The molecule has 0 aliphatic carbocycles. The second-order valence-electron chi connectivity index (χ2n) is 12.3. The Balaban J connectivity index is 1.20. The predicted molar refractivity (Wildman–Crippen MR) is 184 cm³/mol. The minimum atomic E-state index is -1.90. The number of anilines is 3. The summed E-state index contributed by atoms with van der Waals surface area (Å²) in [4.78, 5) is 44.1. The number of benzene rings is 4. The van der Waals surface area contributed by atoms with E-state index in [0.717, 1.165) is 28.8 Å². The summed E-state index contributed by atoms with van der Waals surface area (Å²) in [5, 5.41) is 22.2. The summed E-state index contributed by atoms with van der Waals surface area (Å²) < 4.78 is 5.45. The molecule has 3 amide bonds. The smallest absolute Gasteiger partial charge is 0.264 e. The van der Waals surface area contributed by atoms with Crippen molar-refractivity contribution in [1.82, 2.24) is 4.90 Å². The Labute approximate surface area is 280 Å². The molecule has 0 bridgehead atoms. The van der Waals surface area contributed by atoms with E-state index in [1.165, 1.54) is 12.0 Å². The maximum atomic E-state index is 14.1. The highest BCUT2D eigenvalue weighted by molar-refractivity contribution is 6.07. The molecule has 0 unspecified atom stereocenters. The van der Waals surface area contributed by atoms with Gasteiger partial charge in [0.25, 0.3) is 5.91 Å². The van der Waals surface area contributed by atoms with Crippen molar-refractivity contribution in [3.05, 3.63) is 131 Å². The molecular formula is C39H39N3O6. The van der Waals surface area contributed by atoms with Crippen LogP contribution < -0.4 is 14.5 Å². The zero-order chi connectivity index (χ0) is 33.8. The lowest BCUT2D eigenvalue weighted by Crippen LogP contribution is -2.46. The lowest BCUT2D eigenvalue weighted by atomic mass is 9.82. The van der Waals surface area contributed by atoms with Crippen LogP contribution in [0.1, 0.15) is 35.6 Å². The average molecular weight is 646 g/mol. The fraction of sp³-hybridized carbons (Fsp3) is 0.256. The van der Waals surface area contributed by atoms with Crippen LogP contribution in [0, 0.1) is 5.92 Å². The summed E-state index contributed by atoms with van der Waals surface area (Å²) >= 11 is 0. The van der Waals surface area contributed by atoms with Gasteiger partial charge in [0, 0.05) is 35.8 Å². The number of methoxy groups -OCH3 is 1. The first-order valence-corrected chi connectivity index (χ1v) is 16.0. The molecule has 4 aromatic rings. The molecule has 0 saturated carbocycles. The molecule has 4 aromatic carbocycles. The van der Waals surface area contributed by atoms with Gasteiger partial charge in [-0.15, -0.1) is 0 Å². The molecule has 0 fully saturated rings. The summed E-state index contributed by atoms with van der Waals surface area (Å²) in [5.74, 6) is -0.791. The van der Waals surface area contributed by atoms with E-state index in [0.29, 0.717) is 35.7 Å². The Morgan fingerprint density at radius 1 is 1.00 bits per heavy atom. The maximum absolute atomic E-state index is 14.1. The van der Waals surface area contributed by atoms with Crippen molar-refractivity contribution >= 4 is 35.3 Å². The first kappa shape index (κ1) is 32.7. The van der Waals surface area contributed by atoms with Gasteiger partial charge in [-0.25, -0.2) is 0 Å². The minimum absolute atomic E-state index is 0.0646. The number of para-hydroxylation sites is 1. The van der Waals surface area contributed by atoms with E-state index >= 15 is 0 Å². The number of carbonyl (C=O) groups is 3. The van der Waals surface area contributed by atoms with Crippen molar-refractivity contribution in [2.24, 2.45) is 5.92 Å². The fourth-order valence-corrected chi connectivity index (χ4v) is 6.69. The number of rotatable bonds is 11. The minimum Gasteiger partial charge on any atom is -0.497 e. The van der Waals surface area contributed by atoms with Gasteiger partial charge in [-0.1, -0.05) is 73.7 Å². The van der Waals surface area contributed by atoms with Crippen LogP contribution in [0.25, 0.3) is 0 Å². The van der Waals surface area contributed by atoms with Gasteiger partial charge >= 0.3 is 0 Å². The molecule has 9 heteroatoms. The number of hydrogen-bond acceptors (Lipinski definition) is 6. The van der Waals surface area contributed by atoms with Gasteiger partial charge < -0.3 is 24.7 Å². The van der Waals surface area contributed by atoms with Crippen molar-refractivity contribution in [1.29, 1.82) is 0 Å². The number of ether oxygens (including phenoxy) is 1. The number of aliphatic hydroxyl groups excluding tert-OH is 1. The highest BCUT2D eigenvalue weighted by Gasteiger charge is 2.52. The topological polar surface area (TPSA) is 111 Å². The van der Waals surface area contributed by atoms with E-state index in [2.05, 4.69) is 0 Å². The number of fused-ring (bicyclic) bond motifs is 2. The number of hydrogen-bond donors (Lipinski definition) is 2. The summed E-state index contributed by atoms with van der Waals surface area (Å²) in [6, 6.07) is 29.5. The maximum Gasteiger partial charge on any atom is 0.264 e. The van der Waals surface area contributed by atoms with Crippen LogP contribution >= 0.6 is 0 Å². The number of nitrogens with zero attached hydrogens (tertiary/aromatic N) is 3. The number of carbonyl (C=O) groups excluding carboxylic acids is 3. The molecule has 3 atom stereocenters. The first-order valence-electron chi connectivity index (χ1n) is 16.0. The Hall–Kier alpha value is -5.25. The summed E-state index contributed by atoms with van der Waals surface area (Å²) in [5.41, 5.74) is 3.53. The largest absolute Gasteiger partial charge is 0.497 e. The lowest BCUT2D eigenvalue weighted by molar-refractivity contribution is -0.139. The summed E-state index contributed by atoms with van der Waals surface area (Å²) in [6.07, 6.45) is 4.82. The zero-order valence-electron chi connectivity index (χ0n) is 27.0. The fourth-order valence-electron chi connectivity index (χ4n) is 6.69. The number of aliphatic hydroxyl groups is 2. The van der Waals surface area contributed by atoms with Gasteiger partial charge in [-0.2, -0.15) is 0 Å². The Morgan fingerprint density at radius 2 is 1.69 bits per heavy atom.